The highest BCUT2D eigenvalue weighted by atomic mass is 32.2. The van der Waals surface area contributed by atoms with Crippen molar-refractivity contribution in [2.24, 2.45) is 10.1 Å². The molecule has 0 aliphatic carbocycles. The molecule has 0 unspecified atom stereocenters. The van der Waals surface area contributed by atoms with Crippen molar-refractivity contribution in [3.63, 3.8) is 0 Å². The van der Waals surface area contributed by atoms with Gasteiger partial charge in [0.05, 0.1) is 10.3 Å². The standard InChI is InChI=1S/C23H17N5O4S/c1-2-13-33-23-25-22(29)20-16-5-3-4-6-17(16)24-21(27(20)26-23)19-12-11-18(32-19)14-7-9-15(10-8-14)28(30)31/h2-12,21H,1,13H2,(H,25,26,29)/t21-/m1/s1. The van der Waals surface area contributed by atoms with Gasteiger partial charge in [-0.15, -0.1) is 11.7 Å². The van der Waals surface area contributed by atoms with Gasteiger partial charge in [-0.2, -0.15) is 0 Å². The third kappa shape index (κ3) is 3.80. The second-order valence-electron chi connectivity index (χ2n) is 7.18. The molecule has 0 fully saturated rings. The van der Waals surface area contributed by atoms with Gasteiger partial charge in [-0.25, -0.2) is 10.0 Å². The Labute approximate surface area is 192 Å². The van der Waals surface area contributed by atoms with Gasteiger partial charge in [0, 0.05) is 28.7 Å². The second kappa shape index (κ2) is 8.40. The summed E-state index contributed by atoms with van der Waals surface area (Å²) in [6.07, 6.45) is 1.04. The van der Waals surface area contributed by atoms with E-state index in [2.05, 4.69) is 17.0 Å². The predicted octanol–water partition coefficient (Wildman–Crippen LogP) is 2.92. The summed E-state index contributed by atoms with van der Waals surface area (Å²) in [6.45, 7) is 3.71. The number of amidine groups is 1. The fourth-order valence-electron chi connectivity index (χ4n) is 3.61. The van der Waals surface area contributed by atoms with E-state index in [1.807, 2.05) is 24.3 Å². The van der Waals surface area contributed by atoms with Gasteiger partial charge in [0.1, 0.15) is 11.5 Å². The third-order valence-electron chi connectivity index (χ3n) is 5.10. The van der Waals surface area contributed by atoms with Crippen LogP contribution in [0.3, 0.4) is 0 Å². The summed E-state index contributed by atoms with van der Waals surface area (Å²) in [5.74, 6) is 1.33. The molecule has 1 aromatic heterocycles. The zero-order chi connectivity index (χ0) is 22.9. The molecule has 0 radical (unpaired) electrons. The van der Waals surface area contributed by atoms with Crippen LogP contribution < -0.4 is 15.9 Å². The average Bonchev–Trinajstić information content (AvgIpc) is 3.32. The Kier molecular flexibility index (Phi) is 5.27. The highest BCUT2D eigenvalue weighted by molar-refractivity contribution is 8.14. The van der Waals surface area contributed by atoms with E-state index in [1.54, 1.807) is 35.4 Å². The van der Waals surface area contributed by atoms with Crippen LogP contribution in [-0.2, 0) is 4.79 Å². The van der Waals surface area contributed by atoms with E-state index in [9.17, 15) is 14.9 Å². The summed E-state index contributed by atoms with van der Waals surface area (Å²) in [6, 6.07) is 17.0. The molecule has 2 aromatic carbocycles. The van der Waals surface area contributed by atoms with Crippen molar-refractivity contribution < 1.29 is 14.1 Å². The molecule has 1 atom stereocenters. The lowest BCUT2D eigenvalue weighted by molar-refractivity contribution is -0.384. The van der Waals surface area contributed by atoms with Crippen LogP contribution in [0.25, 0.3) is 17.0 Å². The third-order valence-corrected chi connectivity index (χ3v) is 5.96. The Hall–Kier alpha value is -4.18. The molecule has 0 bridgehead atoms. The van der Waals surface area contributed by atoms with Gasteiger partial charge in [0.25, 0.3) is 11.6 Å². The zero-order valence-electron chi connectivity index (χ0n) is 17.2. The topological polar surface area (TPSA) is 113 Å². The van der Waals surface area contributed by atoms with Gasteiger partial charge >= 0.3 is 0 Å². The summed E-state index contributed by atoms with van der Waals surface area (Å²) in [4.78, 5) is 28.3. The van der Waals surface area contributed by atoms with Crippen LogP contribution in [0, 0.1) is 10.1 Å². The minimum Gasteiger partial charge on any atom is -0.457 e. The lowest BCUT2D eigenvalue weighted by Gasteiger charge is -2.32. The van der Waals surface area contributed by atoms with Crippen LogP contribution in [0.1, 0.15) is 11.9 Å². The Morgan fingerprint density at radius 2 is 1.97 bits per heavy atom. The van der Waals surface area contributed by atoms with E-state index in [4.69, 9.17) is 9.41 Å². The summed E-state index contributed by atoms with van der Waals surface area (Å²) in [7, 11) is 0. The highest BCUT2D eigenvalue weighted by Gasteiger charge is 2.35. The quantitative estimate of drug-likeness (QED) is 0.357. The van der Waals surface area contributed by atoms with Gasteiger partial charge in [-0.05, 0) is 30.3 Å². The number of non-ortho nitro benzene ring substituents is 1. The van der Waals surface area contributed by atoms with Crippen LogP contribution in [-0.4, -0.2) is 26.8 Å². The number of nitrogens with one attached hydrogen (secondary N) is 1. The van der Waals surface area contributed by atoms with E-state index in [0.717, 1.165) is 0 Å². The summed E-state index contributed by atoms with van der Waals surface area (Å²) in [5, 5.41) is 21.8. The molecule has 1 N–H and O–H groups in total. The first-order valence-corrected chi connectivity index (χ1v) is 11.0. The number of hydrazone groups is 1. The number of rotatable bonds is 5. The SMILES string of the molecule is C=CCSC1=NN2C(=c3ccccc3=N[C@H]2c2ccc(-c3ccc([N+](=O)[O-])cc3)o2)C(=O)N1. The first kappa shape index (κ1) is 20.7. The van der Waals surface area contributed by atoms with Crippen LogP contribution in [0.5, 0.6) is 0 Å². The highest BCUT2D eigenvalue weighted by Crippen LogP contribution is 2.34. The molecule has 164 valence electrons. The molecule has 0 saturated heterocycles. The molecule has 1 amide bonds. The Balaban J connectivity index is 1.58. The van der Waals surface area contributed by atoms with Crippen LogP contribution >= 0.6 is 11.8 Å². The maximum absolute atomic E-state index is 13.0. The van der Waals surface area contributed by atoms with E-state index >= 15 is 0 Å². The van der Waals surface area contributed by atoms with Crippen LogP contribution in [0.15, 0.2) is 87.8 Å². The van der Waals surface area contributed by atoms with E-state index in [-0.39, 0.29) is 11.6 Å². The van der Waals surface area contributed by atoms with Crippen molar-refractivity contribution in [3.05, 3.63) is 99.8 Å². The summed E-state index contributed by atoms with van der Waals surface area (Å²) in [5.41, 5.74) is 1.08. The van der Waals surface area contributed by atoms with Gasteiger partial charge in [0.15, 0.2) is 10.9 Å². The van der Waals surface area contributed by atoms with Crippen molar-refractivity contribution >= 4 is 34.2 Å². The van der Waals surface area contributed by atoms with Crippen molar-refractivity contribution in [2.45, 2.75) is 6.17 Å². The number of para-hydroxylation sites is 1. The Morgan fingerprint density at radius 3 is 2.73 bits per heavy atom. The lowest BCUT2D eigenvalue weighted by atomic mass is 10.1. The molecule has 10 heteroatoms. The van der Waals surface area contributed by atoms with E-state index in [1.165, 1.54) is 23.9 Å². The fraction of sp³-hybridized carbons (Fsp3) is 0.0870. The maximum atomic E-state index is 13.0. The lowest BCUT2D eigenvalue weighted by Crippen LogP contribution is -2.50. The first-order valence-electron chi connectivity index (χ1n) is 10.00. The fourth-order valence-corrected chi connectivity index (χ4v) is 4.20. The number of fused-ring (bicyclic) bond motifs is 2. The van der Waals surface area contributed by atoms with Gasteiger partial charge < -0.3 is 4.42 Å². The number of carbonyl (C=O) groups is 1. The summed E-state index contributed by atoms with van der Waals surface area (Å²) < 4.78 is 6.08. The molecule has 0 saturated carbocycles. The van der Waals surface area contributed by atoms with Gasteiger partial charge in [-0.3, -0.25) is 20.2 Å². The molecule has 5 rings (SSSR count). The predicted molar refractivity (Wildman–Crippen MR) is 124 cm³/mol. The van der Waals surface area contributed by atoms with Crippen molar-refractivity contribution in [2.75, 3.05) is 5.75 Å². The first-order chi connectivity index (χ1) is 16.0. The molecule has 3 heterocycles. The number of amides is 1. The average molecular weight is 459 g/mol. The summed E-state index contributed by atoms with van der Waals surface area (Å²) >= 11 is 1.36. The number of furan rings is 1. The monoisotopic (exact) mass is 459 g/mol. The second-order valence-corrected chi connectivity index (χ2v) is 8.19. The molecule has 33 heavy (non-hydrogen) atoms. The number of nitro groups is 1. The van der Waals surface area contributed by atoms with Crippen molar-refractivity contribution in [1.29, 1.82) is 0 Å². The van der Waals surface area contributed by atoms with E-state index < -0.39 is 11.1 Å². The Morgan fingerprint density at radius 1 is 1.18 bits per heavy atom. The molecule has 2 aliphatic rings. The molecular weight excluding hydrogens is 442 g/mol. The number of nitro benzene ring substituents is 1. The number of benzene rings is 2. The number of nitrogens with zero attached hydrogens (tertiary/aromatic N) is 4. The molecule has 3 aromatic rings. The number of hydrogen-bond donors (Lipinski definition) is 1. The minimum absolute atomic E-state index is 0.00174. The molecular formula is C23H17N5O4S. The van der Waals surface area contributed by atoms with Gasteiger partial charge in [-0.1, -0.05) is 36.0 Å². The normalized spacial score (nSPS) is 16.8. The van der Waals surface area contributed by atoms with Crippen molar-refractivity contribution in [3.8, 4) is 11.3 Å². The van der Waals surface area contributed by atoms with Crippen molar-refractivity contribution in [1.82, 2.24) is 10.3 Å². The Bertz CT molecular complexity index is 1430. The number of hydrogen-bond acceptors (Lipinski definition) is 8. The van der Waals surface area contributed by atoms with Crippen LogP contribution in [0.2, 0.25) is 0 Å². The largest absolute Gasteiger partial charge is 0.457 e. The zero-order valence-corrected chi connectivity index (χ0v) is 18.0. The number of thioether (sulfide) groups is 1. The number of carbonyl (C=O) groups excluding carboxylic acids is 1. The minimum atomic E-state index is -0.688. The molecule has 2 aliphatic heterocycles. The smallest absolute Gasteiger partial charge is 0.276 e. The van der Waals surface area contributed by atoms with Crippen LogP contribution in [0.4, 0.5) is 5.69 Å². The molecule has 9 nitrogen and oxygen atoms in total. The maximum Gasteiger partial charge on any atom is 0.276 e. The molecule has 0 spiro atoms. The van der Waals surface area contributed by atoms with E-state index in [0.29, 0.717) is 44.3 Å². The van der Waals surface area contributed by atoms with Gasteiger partial charge in [0.2, 0.25) is 6.17 Å².